The van der Waals surface area contributed by atoms with Gasteiger partial charge in [0.25, 0.3) is 7.82 Å². The summed E-state index contributed by atoms with van der Waals surface area (Å²) in [5.74, 6) is -0.824. The first-order chi connectivity index (χ1) is 36.0. The van der Waals surface area contributed by atoms with Gasteiger partial charge in [-0.15, -0.1) is 0 Å². The first-order valence-corrected chi connectivity index (χ1v) is 32.5. The third kappa shape index (κ3) is 59.0. The zero-order valence-electron chi connectivity index (χ0n) is 49.0. The van der Waals surface area contributed by atoms with Crippen LogP contribution in [0, 0.1) is 0 Å². The van der Waals surface area contributed by atoms with E-state index >= 15 is 0 Å². The lowest BCUT2D eigenvalue weighted by Gasteiger charge is -2.28. The van der Waals surface area contributed by atoms with Gasteiger partial charge in [-0.2, -0.15) is 0 Å². The number of carbonyl (C=O) groups excluding carboxylic acids is 2. The lowest BCUT2D eigenvalue weighted by atomic mass is 10.0. The number of phosphoric ester groups is 1. The smallest absolute Gasteiger partial charge is 0.306 e. The molecule has 0 aromatic carbocycles. The molecule has 0 fully saturated rings. The number of rotatable bonds is 57. The number of likely N-dealkylation sites (N-methyl/N-ethyl adjacent to an activating group) is 1. The van der Waals surface area contributed by atoms with Crippen LogP contribution in [0.5, 0.6) is 0 Å². The fourth-order valence-electron chi connectivity index (χ4n) is 8.80. The molecular formula is C64H118NO8P. The summed E-state index contributed by atoms with van der Waals surface area (Å²) in [6.45, 7) is 4.12. The average Bonchev–Trinajstić information content (AvgIpc) is 3.36. The maximum absolute atomic E-state index is 12.8. The van der Waals surface area contributed by atoms with Crippen LogP contribution in [-0.2, 0) is 32.7 Å². The Kier molecular flexibility index (Phi) is 53.7. The number of allylic oxidation sites excluding steroid dienone is 10. The van der Waals surface area contributed by atoms with Crippen molar-refractivity contribution in [3.8, 4) is 0 Å². The van der Waals surface area contributed by atoms with Gasteiger partial charge in [0, 0.05) is 12.8 Å². The van der Waals surface area contributed by atoms with Crippen molar-refractivity contribution in [3.63, 3.8) is 0 Å². The van der Waals surface area contributed by atoms with Gasteiger partial charge < -0.3 is 27.9 Å². The summed E-state index contributed by atoms with van der Waals surface area (Å²) in [6.07, 6.45) is 71.8. The molecule has 0 spiro atoms. The normalized spacial score (nSPS) is 13.6. The molecule has 0 aromatic rings. The van der Waals surface area contributed by atoms with E-state index in [1.54, 1.807) is 0 Å². The van der Waals surface area contributed by atoms with Crippen molar-refractivity contribution in [3.05, 3.63) is 60.8 Å². The van der Waals surface area contributed by atoms with Gasteiger partial charge in [0.2, 0.25) is 0 Å². The first-order valence-electron chi connectivity index (χ1n) is 31.0. The molecule has 0 heterocycles. The Hall–Kier alpha value is -2.29. The third-order valence-corrected chi connectivity index (χ3v) is 14.5. The van der Waals surface area contributed by atoms with E-state index in [0.717, 1.165) is 64.2 Å². The number of esters is 2. The minimum absolute atomic E-state index is 0.0284. The van der Waals surface area contributed by atoms with Gasteiger partial charge in [0.1, 0.15) is 19.8 Å². The van der Waals surface area contributed by atoms with Crippen LogP contribution in [-0.4, -0.2) is 70.0 Å². The van der Waals surface area contributed by atoms with Crippen LogP contribution in [0.3, 0.4) is 0 Å². The molecule has 0 rings (SSSR count). The Labute approximate surface area is 457 Å². The van der Waals surface area contributed by atoms with Crippen LogP contribution >= 0.6 is 7.82 Å². The number of hydrogen-bond donors (Lipinski definition) is 0. The standard InChI is InChI=1S/C64H118NO8P/c1-6-8-10-12-14-16-17-18-19-20-21-22-23-24-25-26-27-28-29-30-31-32-33-34-35-36-37-38-39-40-41-42-43-44-45-46-47-49-51-53-55-57-64(67)73-62(61-72-74(68,69)71-59-58-65(3,4)5)60-70-63(66)56-54-52-50-48-15-13-11-9-7-2/h8,10,14,16,18-19,21-22,24-25,62H,6-7,9,11-13,15,17,20,23,26-61H2,1-5H3/b10-8-,16-14-,19-18-,22-21-,25-24-. The van der Waals surface area contributed by atoms with E-state index in [0.29, 0.717) is 17.4 Å². The van der Waals surface area contributed by atoms with Crippen molar-refractivity contribution < 1.29 is 42.1 Å². The Morgan fingerprint density at radius 1 is 0.432 bits per heavy atom. The third-order valence-electron chi connectivity index (χ3n) is 13.6. The molecule has 0 aromatic heterocycles. The van der Waals surface area contributed by atoms with E-state index in [2.05, 4.69) is 74.6 Å². The van der Waals surface area contributed by atoms with Crippen molar-refractivity contribution in [1.82, 2.24) is 0 Å². The largest absolute Gasteiger partial charge is 0.756 e. The van der Waals surface area contributed by atoms with Crippen molar-refractivity contribution >= 4 is 19.8 Å². The molecule has 0 amide bonds. The van der Waals surface area contributed by atoms with Gasteiger partial charge in [-0.1, -0.05) is 274 Å². The van der Waals surface area contributed by atoms with Crippen LogP contribution < -0.4 is 4.89 Å². The quantitative estimate of drug-likeness (QED) is 0.0195. The summed E-state index contributed by atoms with van der Waals surface area (Å²) >= 11 is 0. The molecule has 9 nitrogen and oxygen atoms in total. The molecule has 432 valence electrons. The van der Waals surface area contributed by atoms with E-state index in [-0.39, 0.29) is 32.0 Å². The second kappa shape index (κ2) is 55.5. The highest BCUT2D eigenvalue weighted by Gasteiger charge is 2.22. The Bertz CT molecular complexity index is 1430. The van der Waals surface area contributed by atoms with Gasteiger partial charge in [-0.05, 0) is 57.8 Å². The number of unbranched alkanes of at least 4 members (excludes halogenated alkanes) is 33. The van der Waals surface area contributed by atoms with Crippen LogP contribution in [0.25, 0.3) is 0 Å². The number of quaternary nitrogens is 1. The first kappa shape index (κ1) is 71.7. The highest BCUT2D eigenvalue weighted by atomic mass is 31.2. The van der Waals surface area contributed by atoms with Crippen LogP contribution in [0.2, 0.25) is 0 Å². The van der Waals surface area contributed by atoms with E-state index < -0.39 is 26.5 Å². The Morgan fingerprint density at radius 2 is 0.770 bits per heavy atom. The summed E-state index contributed by atoms with van der Waals surface area (Å²) in [5.41, 5.74) is 0. The SMILES string of the molecule is CC/C=C\C/C=C\C/C=C\C/C=C\C/C=C\CCCCCCCCCCCCCCCCCCCCCCCCCCCC(=O)OC(COC(=O)CCCCCCCCCCC)COP(=O)([O-])OCC[N+](C)(C)C. The van der Waals surface area contributed by atoms with Crippen LogP contribution in [0.15, 0.2) is 60.8 Å². The van der Waals surface area contributed by atoms with Gasteiger partial charge in [-0.25, -0.2) is 0 Å². The number of nitrogens with zero attached hydrogens (tertiary/aromatic N) is 1. The van der Waals surface area contributed by atoms with E-state index in [1.165, 1.54) is 186 Å². The highest BCUT2D eigenvalue weighted by molar-refractivity contribution is 7.45. The lowest BCUT2D eigenvalue weighted by molar-refractivity contribution is -0.870. The lowest BCUT2D eigenvalue weighted by Crippen LogP contribution is -2.37. The van der Waals surface area contributed by atoms with Gasteiger partial charge in [0.15, 0.2) is 6.10 Å². The second-order valence-electron chi connectivity index (χ2n) is 22.0. The van der Waals surface area contributed by atoms with E-state index in [9.17, 15) is 19.0 Å². The van der Waals surface area contributed by atoms with E-state index in [1.807, 2.05) is 21.1 Å². The summed E-state index contributed by atoms with van der Waals surface area (Å²) in [4.78, 5) is 37.6. The Balaban J connectivity index is 3.80. The molecule has 2 atom stereocenters. The maximum Gasteiger partial charge on any atom is 0.306 e. The van der Waals surface area contributed by atoms with Crippen LogP contribution in [0.4, 0.5) is 0 Å². The molecule has 0 bridgehead atoms. The molecule has 0 radical (unpaired) electrons. The summed E-state index contributed by atoms with van der Waals surface area (Å²) < 4.78 is 34.0. The fourth-order valence-corrected chi connectivity index (χ4v) is 9.53. The zero-order valence-corrected chi connectivity index (χ0v) is 49.9. The number of ether oxygens (including phenoxy) is 2. The molecule has 0 aliphatic heterocycles. The number of phosphoric acid groups is 1. The van der Waals surface area contributed by atoms with Crippen molar-refractivity contribution in [2.45, 2.75) is 290 Å². The Morgan fingerprint density at radius 3 is 1.15 bits per heavy atom. The topological polar surface area (TPSA) is 111 Å². The molecule has 0 aliphatic rings. The molecule has 0 saturated heterocycles. The fraction of sp³-hybridized carbons (Fsp3) is 0.812. The summed E-state index contributed by atoms with van der Waals surface area (Å²) in [5, 5.41) is 0. The van der Waals surface area contributed by atoms with Crippen molar-refractivity contribution in [2.75, 3.05) is 47.5 Å². The number of hydrogen-bond acceptors (Lipinski definition) is 8. The summed E-state index contributed by atoms with van der Waals surface area (Å²) in [6, 6.07) is 0. The monoisotopic (exact) mass is 1060 g/mol. The van der Waals surface area contributed by atoms with Crippen molar-refractivity contribution in [1.29, 1.82) is 0 Å². The maximum atomic E-state index is 12.8. The summed E-state index contributed by atoms with van der Waals surface area (Å²) in [7, 11) is 1.18. The predicted octanol–water partition coefficient (Wildman–Crippen LogP) is 18.9. The van der Waals surface area contributed by atoms with E-state index in [4.69, 9.17) is 18.5 Å². The molecule has 0 saturated carbocycles. The van der Waals surface area contributed by atoms with Crippen molar-refractivity contribution in [2.24, 2.45) is 0 Å². The molecule has 0 aliphatic carbocycles. The molecule has 10 heteroatoms. The van der Waals surface area contributed by atoms with Gasteiger partial charge in [0.05, 0.1) is 27.7 Å². The predicted molar refractivity (Wildman–Crippen MR) is 314 cm³/mol. The average molecular weight is 1060 g/mol. The molecule has 74 heavy (non-hydrogen) atoms. The molecule has 0 N–H and O–H groups in total. The highest BCUT2D eigenvalue weighted by Crippen LogP contribution is 2.38. The van der Waals surface area contributed by atoms with Gasteiger partial charge in [-0.3, -0.25) is 14.2 Å². The minimum Gasteiger partial charge on any atom is -0.756 e. The molecule has 2 unspecified atom stereocenters. The van der Waals surface area contributed by atoms with Gasteiger partial charge >= 0.3 is 11.9 Å². The second-order valence-corrected chi connectivity index (χ2v) is 23.5. The number of carbonyl (C=O) groups is 2. The zero-order chi connectivity index (χ0) is 54.2. The van der Waals surface area contributed by atoms with Crippen LogP contribution in [0.1, 0.15) is 284 Å². The molecular weight excluding hydrogens is 942 g/mol. The minimum atomic E-state index is -4.62.